The minimum Gasteiger partial charge on any atom is -0.393 e. The van der Waals surface area contributed by atoms with Crippen molar-refractivity contribution in [3.63, 3.8) is 0 Å². The zero-order chi connectivity index (χ0) is 10.4. The number of carbonyl (C=O) groups is 1. The van der Waals surface area contributed by atoms with Crippen LogP contribution in [0.5, 0.6) is 0 Å². The summed E-state index contributed by atoms with van der Waals surface area (Å²) in [6.45, 7) is 1.38. The maximum absolute atomic E-state index is 11.6. The van der Waals surface area contributed by atoms with Gasteiger partial charge in [0.15, 0.2) is 0 Å². The largest absolute Gasteiger partial charge is 0.393 e. The Balaban J connectivity index is 2.21. The molecule has 0 aromatic rings. The second-order valence-corrected chi connectivity index (χ2v) is 3.67. The lowest BCUT2D eigenvalue weighted by molar-refractivity contribution is -0.133. The molecular formula is C11H17NO2. The molecule has 0 unspecified atom stereocenters. The summed E-state index contributed by atoms with van der Waals surface area (Å²) in [7, 11) is 0. The molecule has 78 valence electrons. The fraction of sp³-hybridized carbons (Fsp3) is 0.727. The highest BCUT2D eigenvalue weighted by Gasteiger charge is 2.20. The standard InChI is InChI=1S/C11H17NO2/c1-2-3-4-5-11(14)12-8-6-10(13)7-9-12/h1,10,13H,3-9H2. The molecule has 1 amide bonds. The van der Waals surface area contributed by atoms with Gasteiger partial charge in [-0.05, 0) is 19.3 Å². The number of carbonyl (C=O) groups excluding carboxylic acids is 1. The molecule has 3 nitrogen and oxygen atoms in total. The van der Waals surface area contributed by atoms with Crippen molar-refractivity contribution in [1.82, 2.24) is 4.90 Å². The lowest BCUT2D eigenvalue weighted by atomic mass is 10.1. The van der Waals surface area contributed by atoms with Gasteiger partial charge in [0.2, 0.25) is 5.91 Å². The predicted molar refractivity (Wildman–Crippen MR) is 54.5 cm³/mol. The van der Waals surface area contributed by atoms with Crippen LogP contribution in [0.15, 0.2) is 0 Å². The molecule has 1 heterocycles. The van der Waals surface area contributed by atoms with Crippen LogP contribution in [0.1, 0.15) is 32.1 Å². The van der Waals surface area contributed by atoms with E-state index in [0.29, 0.717) is 38.8 Å². The van der Waals surface area contributed by atoms with Crippen molar-refractivity contribution in [1.29, 1.82) is 0 Å². The number of unbranched alkanes of at least 4 members (excludes halogenated alkanes) is 1. The Morgan fingerprint density at radius 2 is 2.14 bits per heavy atom. The highest BCUT2D eigenvalue weighted by molar-refractivity contribution is 5.76. The van der Waals surface area contributed by atoms with Gasteiger partial charge in [0.05, 0.1) is 6.10 Å². The van der Waals surface area contributed by atoms with E-state index in [1.54, 1.807) is 0 Å². The first-order valence-electron chi connectivity index (χ1n) is 5.13. The van der Waals surface area contributed by atoms with E-state index < -0.39 is 0 Å². The summed E-state index contributed by atoms with van der Waals surface area (Å²) in [5.41, 5.74) is 0. The molecule has 0 radical (unpaired) electrons. The van der Waals surface area contributed by atoms with Crippen molar-refractivity contribution in [3.8, 4) is 12.3 Å². The monoisotopic (exact) mass is 195 g/mol. The van der Waals surface area contributed by atoms with Gasteiger partial charge in [0.25, 0.3) is 0 Å². The molecule has 14 heavy (non-hydrogen) atoms. The first-order chi connectivity index (χ1) is 6.74. The smallest absolute Gasteiger partial charge is 0.222 e. The summed E-state index contributed by atoms with van der Waals surface area (Å²) >= 11 is 0. The summed E-state index contributed by atoms with van der Waals surface area (Å²) in [6.07, 6.45) is 8.29. The number of piperidine rings is 1. The van der Waals surface area contributed by atoms with Gasteiger partial charge in [-0.3, -0.25) is 4.79 Å². The quantitative estimate of drug-likeness (QED) is 0.534. The molecule has 0 atom stereocenters. The van der Waals surface area contributed by atoms with Crippen LogP contribution in [0.25, 0.3) is 0 Å². The van der Waals surface area contributed by atoms with E-state index in [0.717, 1.165) is 6.42 Å². The van der Waals surface area contributed by atoms with Gasteiger partial charge >= 0.3 is 0 Å². The van der Waals surface area contributed by atoms with Crippen LogP contribution < -0.4 is 0 Å². The summed E-state index contributed by atoms with van der Waals surface area (Å²) in [5.74, 6) is 2.70. The molecule has 1 rings (SSSR count). The maximum Gasteiger partial charge on any atom is 0.222 e. The van der Waals surface area contributed by atoms with E-state index in [1.807, 2.05) is 4.90 Å². The molecule has 0 aromatic heterocycles. The number of aliphatic hydroxyl groups excluding tert-OH is 1. The summed E-state index contributed by atoms with van der Waals surface area (Å²) < 4.78 is 0. The van der Waals surface area contributed by atoms with Crippen molar-refractivity contribution < 1.29 is 9.90 Å². The van der Waals surface area contributed by atoms with Crippen molar-refractivity contribution in [3.05, 3.63) is 0 Å². The van der Waals surface area contributed by atoms with Gasteiger partial charge in [0, 0.05) is 25.9 Å². The third kappa shape index (κ3) is 3.39. The Hall–Kier alpha value is -1.01. The van der Waals surface area contributed by atoms with E-state index in [9.17, 15) is 9.90 Å². The number of rotatable bonds is 3. The van der Waals surface area contributed by atoms with E-state index in [1.165, 1.54) is 0 Å². The zero-order valence-electron chi connectivity index (χ0n) is 8.41. The number of hydrogen-bond donors (Lipinski definition) is 1. The van der Waals surface area contributed by atoms with Crippen LogP contribution in [0.2, 0.25) is 0 Å². The SMILES string of the molecule is C#CCCCC(=O)N1CCC(O)CC1. The second-order valence-electron chi connectivity index (χ2n) is 3.67. The van der Waals surface area contributed by atoms with E-state index >= 15 is 0 Å². The molecule has 1 fully saturated rings. The molecule has 0 aliphatic carbocycles. The fourth-order valence-electron chi connectivity index (χ4n) is 1.62. The van der Waals surface area contributed by atoms with Crippen molar-refractivity contribution in [2.45, 2.75) is 38.2 Å². The molecule has 3 heteroatoms. The first-order valence-corrected chi connectivity index (χ1v) is 5.13. The number of amides is 1. The minimum atomic E-state index is -0.218. The molecule has 1 N–H and O–H groups in total. The molecule has 1 saturated heterocycles. The van der Waals surface area contributed by atoms with Crippen LogP contribution in [-0.4, -0.2) is 35.1 Å². The van der Waals surface area contributed by atoms with Gasteiger partial charge < -0.3 is 10.0 Å². The molecular weight excluding hydrogens is 178 g/mol. The van der Waals surface area contributed by atoms with Crippen LogP contribution in [0.3, 0.4) is 0 Å². The minimum absolute atomic E-state index is 0.173. The van der Waals surface area contributed by atoms with Gasteiger partial charge in [-0.1, -0.05) is 0 Å². The zero-order valence-corrected chi connectivity index (χ0v) is 8.41. The molecule has 0 saturated carbocycles. The van der Waals surface area contributed by atoms with Gasteiger partial charge in [-0.2, -0.15) is 0 Å². The van der Waals surface area contributed by atoms with Crippen LogP contribution in [0.4, 0.5) is 0 Å². The van der Waals surface area contributed by atoms with Crippen LogP contribution in [-0.2, 0) is 4.79 Å². The summed E-state index contributed by atoms with van der Waals surface area (Å²) in [4.78, 5) is 13.4. The van der Waals surface area contributed by atoms with Gasteiger partial charge in [-0.25, -0.2) is 0 Å². The average Bonchev–Trinajstić information content (AvgIpc) is 2.19. The number of terminal acetylenes is 1. The number of nitrogens with zero attached hydrogens (tertiary/aromatic N) is 1. The Labute approximate surface area is 85.1 Å². The van der Waals surface area contributed by atoms with Crippen LogP contribution >= 0.6 is 0 Å². The van der Waals surface area contributed by atoms with Crippen molar-refractivity contribution in [2.24, 2.45) is 0 Å². The predicted octanol–water partition coefficient (Wildman–Crippen LogP) is 0.773. The third-order valence-electron chi connectivity index (χ3n) is 2.53. The third-order valence-corrected chi connectivity index (χ3v) is 2.53. The second kappa shape index (κ2) is 5.66. The molecule has 0 aromatic carbocycles. The fourth-order valence-corrected chi connectivity index (χ4v) is 1.62. The lowest BCUT2D eigenvalue weighted by Crippen LogP contribution is -2.39. The van der Waals surface area contributed by atoms with Crippen molar-refractivity contribution >= 4 is 5.91 Å². The first kappa shape index (κ1) is 11.1. The summed E-state index contributed by atoms with van der Waals surface area (Å²) in [5, 5.41) is 9.26. The maximum atomic E-state index is 11.6. The van der Waals surface area contributed by atoms with Crippen molar-refractivity contribution in [2.75, 3.05) is 13.1 Å². The van der Waals surface area contributed by atoms with E-state index in [2.05, 4.69) is 5.92 Å². The Morgan fingerprint density at radius 1 is 1.50 bits per heavy atom. The molecule has 1 aliphatic rings. The average molecular weight is 195 g/mol. The highest BCUT2D eigenvalue weighted by atomic mass is 16.3. The van der Waals surface area contributed by atoms with Gasteiger partial charge in [-0.15, -0.1) is 12.3 Å². The normalized spacial score (nSPS) is 17.9. The molecule has 1 aliphatic heterocycles. The lowest BCUT2D eigenvalue weighted by Gasteiger charge is -2.29. The van der Waals surface area contributed by atoms with E-state index in [4.69, 9.17) is 6.42 Å². The van der Waals surface area contributed by atoms with Gasteiger partial charge in [0.1, 0.15) is 0 Å². The highest BCUT2D eigenvalue weighted by Crippen LogP contribution is 2.11. The van der Waals surface area contributed by atoms with E-state index in [-0.39, 0.29) is 12.0 Å². The topological polar surface area (TPSA) is 40.5 Å². The molecule has 0 bridgehead atoms. The number of likely N-dealkylation sites (tertiary alicyclic amines) is 1. The molecule has 0 spiro atoms. The van der Waals surface area contributed by atoms with Crippen LogP contribution in [0, 0.1) is 12.3 Å². The Morgan fingerprint density at radius 3 is 2.71 bits per heavy atom. The number of aliphatic hydroxyl groups is 1. The Bertz CT molecular complexity index is 224. The Kier molecular flexibility index (Phi) is 4.48. The summed E-state index contributed by atoms with van der Waals surface area (Å²) in [6, 6.07) is 0. The number of hydrogen-bond acceptors (Lipinski definition) is 2.